The molecular formula is C18H21ClFN. The van der Waals surface area contributed by atoms with Crippen molar-refractivity contribution in [3.05, 3.63) is 70.0 Å². The number of aryl methyl sites for hydroxylation is 2. The van der Waals surface area contributed by atoms with E-state index in [2.05, 4.69) is 36.5 Å². The number of likely N-dealkylation sites (N-methyl/N-ethyl adjacent to an activating group) is 1. The molecule has 0 saturated heterocycles. The molecule has 1 unspecified atom stereocenters. The summed E-state index contributed by atoms with van der Waals surface area (Å²) in [6.07, 6.45) is 2.73. The molecule has 2 aromatic rings. The summed E-state index contributed by atoms with van der Waals surface area (Å²) >= 11 is 6.15. The van der Waals surface area contributed by atoms with Crippen LogP contribution in [-0.2, 0) is 12.8 Å². The second-order valence-corrected chi connectivity index (χ2v) is 5.80. The zero-order valence-corrected chi connectivity index (χ0v) is 13.3. The van der Waals surface area contributed by atoms with Gasteiger partial charge in [0.1, 0.15) is 5.82 Å². The largest absolute Gasteiger partial charge is 0.317 e. The van der Waals surface area contributed by atoms with Crippen molar-refractivity contribution in [2.24, 2.45) is 0 Å². The van der Waals surface area contributed by atoms with Crippen molar-refractivity contribution in [1.29, 1.82) is 0 Å². The molecule has 2 aromatic carbocycles. The van der Waals surface area contributed by atoms with Gasteiger partial charge in [0.2, 0.25) is 0 Å². The Morgan fingerprint density at radius 2 is 1.90 bits per heavy atom. The van der Waals surface area contributed by atoms with Gasteiger partial charge in [-0.3, -0.25) is 0 Å². The number of nitrogens with one attached hydrogen (secondary N) is 1. The van der Waals surface area contributed by atoms with Crippen molar-refractivity contribution in [3.63, 3.8) is 0 Å². The summed E-state index contributed by atoms with van der Waals surface area (Å²) in [6, 6.07) is 13.3. The zero-order valence-electron chi connectivity index (χ0n) is 12.5. The van der Waals surface area contributed by atoms with Gasteiger partial charge in [-0.2, -0.15) is 0 Å². The first-order valence-electron chi connectivity index (χ1n) is 7.26. The molecular weight excluding hydrogens is 285 g/mol. The van der Waals surface area contributed by atoms with Gasteiger partial charge in [-0.1, -0.05) is 35.9 Å². The van der Waals surface area contributed by atoms with Crippen LogP contribution in [0.15, 0.2) is 42.5 Å². The minimum absolute atomic E-state index is 0.233. The highest BCUT2D eigenvalue weighted by Crippen LogP contribution is 2.20. The van der Waals surface area contributed by atoms with Crippen LogP contribution in [0, 0.1) is 12.7 Å². The summed E-state index contributed by atoms with van der Waals surface area (Å²) in [7, 11) is 1.94. The second kappa shape index (κ2) is 7.58. The molecule has 112 valence electrons. The van der Waals surface area contributed by atoms with E-state index >= 15 is 0 Å². The van der Waals surface area contributed by atoms with Crippen molar-refractivity contribution in [3.8, 4) is 0 Å². The maximum atomic E-state index is 13.3. The van der Waals surface area contributed by atoms with Gasteiger partial charge >= 0.3 is 0 Å². The van der Waals surface area contributed by atoms with Crippen LogP contribution in [0.3, 0.4) is 0 Å². The maximum Gasteiger partial charge on any atom is 0.123 e. The summed E-state index contributed by atoms with van der Waals surface area (Å²) in [5, 5.41) is 3.94. The zero-order chi connectivity index (χ0) is 15.2. The molecule has 1 atom stereocenters. The normalized spacial score (nSPS) is 12.4. The standard InChI is InChI=1S/C18H21ClFN/c1-13-5-3-4-6-14(13)7-9-17(21-2)12-15-11-16(20)8-10-18(15)19/h3-6,8,10-11,17,21H,7,9,12H2,1-2H3. The van der Waals surface area contributed by atoms with Crippen molar-refractivity contribution < 1.29 is 4.39 Å². The molecule has 0 aliphatic carbocycles. The van der Waals surface area contributed by atoms with Crippen LogP contribution in [0.4, 0.5) is 4.39 Å². The van der Waals surface area contributed by atoms with E-state index in [0.717, 1.165) is 24.8 Å². The Hall–Kier alpha value is -1.38. The molecule has 0 heterocycles. The lowest BCUT2D eigenvalue weighted by atomic mass is 9.97. The lowest BCUT2D eigenvalue weighted by Crippen LogP contribution is -2.28. The number of hydrogen-bond acceptors (Lipinski definition) is 1. The van der Waals surface area contributed by atoms with Crippen LogP contribution in [0.25, 0.3) is 0 Å². The molecule has 0 spiro atoms. The third-order valence-corrected chi connectivity index (χ3v) is 4.27. The minimum Gasteiger partial charge on any atom is -0.317 e. The fourth-order valence-corrected chi connectivity index (χ4v) is 2.73. The first-order chi connectivity index (χ1) is 10.1. The van der Waals surface area contributed by atoms with E-state index in [0.29, 0.717) is 5.02 Å². The van der Waals surface area contributed by atoms with Gasteiger partial charge in [0.25, 0.3) is 0 Å². The Kier molecular flexibility index (Phi) is 5.77. The number of hydrogen-bond donors (Lipinski definition) is 1. The third kappa shape index (κ3) is 4.55. The van der Waals surface area contributed by atoms with Gasteiger partial charge in [0.15, 0.2) is 0 Å². The predicted octanol–water partition coefficient (Wildman–Crippen LogP) is 4.55. The van der Waals surface area contributed by atoms with Gasteiger partial charge in [-0.25, -0.2) is 4.39 Å². The van der Waals surface area contributed by atoms with E-state index in [1.807, 2.05) is 7.05 Å². The van der Waals surface area contributed by atoms with Crippen molar-refractivity contribution >= 4 is 11.6 Å². The lowest BCUT2D eigenvalue weighted by Gasteiger charge is -2.17. The van der Waals surface area contributed by atoms with Crippen LogP contribution >= 0.6 is 11.6 Å². The van der Waals surface area contributed by atoms with E-state index in [1.54, 1.807) is 6.07 Å². The quantitative estimate of drug-likeness (QED) is 0.825. The summed E-state index contributed by atoms with van der Waals surface area (Å²) < 4.78 is 13.3. The van der Waals surface area contributed by atoms with Crippen LogP contribution in [-0.4, -0.2) is 13.1 Å². The molecule has 2 rings (SSSR count). The molecule has 0 fully saturated rings. The molecule has 21 heavy (non-hydrogen) atoms. The van der Waals surface area contributed by atoms with Crippen LogP contribution in [0.2, 0.25) is 5.02 Å². The molecule has 0 aliphatic heterocycles. The Morgan fingerprint density at radius 3 is 2.62 bits per heavy atom. The fraction of sp³-hybridized carbons (Fsp3) is 0.333. The van der Waals surface area contributed by atoms with Crippen LogP contribution in [0.1, 0.15) is 23.1 Å². The lowest BCUT2D eigenvalue weighted by molar-refractivity contribution is 0.518. The Balaban J connectivity index is 2.00. The molecule has 0 bridgehead atoms. The highest BCUT2D eigenvalue weighted by molar-refractivity contribution is 6.31. The summed E-state index contributed by atoms with van der Waals surface area (Å²) in [4.78, 5) is 0. The maximum absolute atomic E-state index is 13.3. The monoisotopic (exact) mass is 305 g/mol. The molecule has 1 N–H and O–H groups in total. The topological polar surface area (TPSA) is 12.0 Å². The molecule has 3 heteroatoms. The summed E-state index contributed by atoms with van der Waals surface area (Å²) in [6.45, 7) is 2.13. The molecule has 0 radical (unpaired) electrons. The van der Waals surface area contributed by atoms with Crippen molar-refractivity contribution in [2.75, 3.05) is 7.05 Å². The fourth-order valence-electron chi connectivity index (χ4n) is 2.53. The molecule has 0 saturated carbocycles. The SMILES string of the molecule is CNC(CCc1ccccc1C)Cc1cc(F)ccc1Cl. The summed E-state index contributed by atoms with van der Waals surface area (Å²) in [5.41, 5.74) is 3.54. The van der Waals surface area contributed by atoms with E-state index in [1.165, 1.54) is 23.3 Å². The van der Waals surface area contributed by atoms with Gasteiger partial charge in [-0.15, -0.1) is 0 Å². The molecule has 0 amide bonds. The van der Waals surface area contributed by atoms with E-state index in [9.17, 15) is 4.39 Å². The van der Waals surface area contributed by atoms with E-state index < -0.39 is 0 Å². The highest BCUT2D eigenvalue weighted by atomic mass is 35.5. The van der Waals surface area contributed by atoms with Crippen molar-refractivity contribution in [2.45, 2.75) is 32.2 Å². The van der Waals surface area contributed by atoms with E-state index in [-0.39, 0.29) is 11.9 Å². The highest BCUT2D eigenvalue weighted by Gasteiger charge is 2.11. The number of rotatable bonds is 6. The van der Waals surface area contributed by atoms with Crippen LogP contribution in [0.5, 0.6) is 0 Å². The van der Waals surface area contributed by atoms with Gasteiger partial charge in [-0.05, 0) is 68.1 Å². The average Bonchev–Trinajstić information content (AvgIpc) is 2.48. The molecule has 0 aliphatic rings. The van der Waals surface area contributed by atoms with Gasteiger partial charge < -0.3 is 5.32 Å². The van der Waals surface area contributed by atoms with E-state index in [4.69, 9.17) is 11.6 Å². The Morgan fingerprint density at radius 1 is 1.14 bits per heavy atom. The van der Waals surface area contributed by atoms with Gasteiger partial charge in [0, 0.05) is 11.1 Å². The Bertz CT molecular complexity index is 598. The van der Waals surface area contributed by atoms with Crippen molar-refractivity contribution in [1.82, 2.24) is 5.32 Å². The minimum atomic E-state index is -0.233. The Labute approximate surface area is 131 Å². The number of halogens is 2. The smallest absolute Gasteiger partial charge is 0.123 e. The molecule has 1 nitrogen and oxygen atoms in total. The first kappa shape index (κ1) is 16.0. The first-order valence-corrected chi connectivity index (χ1v) is 7.63. The third-order valence-electron chi connectivity index (χ3n) is 3.91. The second-order valence-electron chi connectivity index (χ2n) is 5.39. The van der Waals surface area contributed by atoms with Crippen LogP contribution < -0.4 is 5.32 Å². The molecule has 0 aromatic heterocycles. The average molecular weight is 306 g/mol. The summed E-state index contributed by atoms with van der Waals surface area (Å²) in [5.74, 6) is -0.233. The van der Waals surface area contributed by atoms with Gasteiger partial charge in [0.05, 0.1) is 0 Å². The number of benzene rings is 2. The predicted molar refractivity (Wildman–Crippen MR) is 87.5 cm³/mol.